The number of nitrogens with zero attached hydrogens (tertiary/aromatic N) is 3. The fourth-order valence-corrected chi connectivity index (χ4v) is 3.73. The van der Waals surface area contributed by atoms with E-state index >= 15 is 0 Å². The number of hydrogen-bond donors (Lipinski definition) is 2. The van der Waals surface area contributed by atoms with E-state index < -0.39 is 27.2 Å². The lowest BCUT2D eigenvalue weighted by atomic mass is 10.2. The van der Waals surface area contributed by atoms with E-state index in [0.717, 1.165) is 10.1 Å². The lowest BCUT2D eigenvalue weighted by molar-refractivity contribution is 0.0951. The number of fused-ring (bicyclic) bond motifs is 1. The molecule has 1 amide bonds. The molecule has 0 unspecified atom stereocenters. The number of aryl methyl sites for hydroxylation is 1. The van der Waals surface area contributed by atoms with E-state index in [1.54, 1.807) is 12.1 Å². The minimum atomic E-state index is -3.59. The molecule has 0 aliphatic rings. The van der Waals surface area contributed by atoms with Gasteiger partial charge in [-0.2, -0.15) is 0 Å². The van der Waals surface area contributed by atoms with E-state index in [0.29, 0.717) is 0 Å². The first kappa shape index (κ1) is 21.4. The Morgan fingerprint density at radius 1 is 1.03 bits per heavy atom. The van der Waals surface area contributed by atoms with Crippen molar-refractivity contribution in [3.63, 3.8) is 0 Å². The summed E-state index contributed by atoms with van der Waals surface area (Å²) in [5, 5.41) is 2.68. The number of aromatic nitrogens is 3. The number of carbonyl (C=O) groups is 1. The van der Waals surface area contributed by atoms with Crippen molar-refractivity contribution in [3.05, 3.63) is 74.6 Å². The van der Waals surface area contributed by atoms with Crippen LogP contribution >= 0.6 is 0 Å². The molecule has 0 saturated heterocycles. The summed E-state index contributed by atoms with van der Waals surface area (Å²) >= 11 is 0. The molecule has 0 fully saturated rings. The van der Waals surface area contributed by atoms with Crippen molar-refractivity contribution >= 4 is 27.0 Å². The van der Waals surface area contributed by atoms with Gasteiger partial charge in [0.15, 0.2) is 0 Å². The summed E-state index contributed by atoms with van der Waals surface area (Å²) in [5.74, 6) is -0.915. The van der Waals surface area contributed by atoms with Crippen molar-refractivity contribution < 1.29 is 13.2 Å². The molecule has 30 heavy (non-hydrogen) atoms. The van der Waals surface area contributed by atoms with E-state index in [2.05, 4.69) is 15.0 Å². The van der Waals surface area contributed by atoms with Crippen molar-refractivity contribution in [2.24, 2.45) is 14.1 Å². The third-order valence-electron chi connectivity index (χ3n) is 4.53. The molecular formula is C19H21N5O5S. The quantitative estimate of drug-likeness (QED) is 0.517. The molecule has 10 nitrogen and oxygen atoms in total. The number of benzene rings is 1. The Balaban J connectivity index is 1.65. The SMILES string of the molecule is Cn1c(=O)c2ccc(C(=O)NCCS(=O)(=O)NCc3ccccc3)nc2n(C)c1=O. The standard InChI is InChI=1S/C19H21N5O5S/c1-23-16-14(18(26)24(2)19(23)27)8-9-15(22-16)17(25)20-10-11-30(28,29)21-12-13-6-4-3-5-7-13/h3-9,21H,10-12H2,1-2H3,(H,20,25). The Bertz CT molecular complexity index is 1310. The van der Waals surface area contributed by atoms with Gasteiger partial charge in [0, 0.05) is 27.2 Å². The van der Waals surface area contributed by atoms with Gasteiger partial charge in [-0.25, -0.2) is 22.9 Å². The molecule has 2 N–H and O–H groups in total. The van der Waals surface area contributed by atoms with Gasteiger partial charge in [0.05, 0.1) is 11.1 Å². The summed E-state index contributed by atoms with van der Waals surface area (Å²) in [7, 11) is -0.783. The molecule has 11 heteroatoms. The van der Waals surface area contributed by atoms with Crippen molar-refractivity contribution in [3.8, 4) is 0 Å². The van der Waals surface area contributed by atoms with Crippen LogP contribution in [0.1, 0.15) is 16.1 Å². The fraction of sp³-hybridized carbons (Fsp3) is 0.263. The number of hydrogen-bond acceptors (Lipinski definition) is 6. The van der Waals surface area contributed by atoms with Crippen LogP contribution in [0.25, 0.3) is 11.0 Å². The van der Waals surface area contributed by atoms with Crippen LogP contribution in [0.5, 0.6) is 0 Å². The topological polar surface area (TPSA) is 132 Å². The number of amides is 1. The first-order valence-corrected chi connectivity index (χ1v) is 10.7. The molecule has 0 spiro atoms. The Hall–Kier alpha value is -3.31. The average Bonchev–Trinajstić information content (AvgIpc) is 2.75. The second kappa shape index (κ2) is 8.59. The normalized spacial score (nSPS) is 11.5. The summed E-state index contributed by atoms with van der Waals surface area (Å²) in [6.07, 6.45) is 0. The second-order valence-corrected chi connectivity index (χ2v) is 8.58. The zero-order valence-electron chi connectivity index (χ0n) is 16.5. The third-order valence-corrected chi connectivity index (χ3v) is 5.86. The fourth-order valence-electron chi connectivity index (χ4n) is 2.83. The molecule has 3 rings (SSSR count). The third kappa shape index (κ3) is 4.63. The van der Waals surface area contributed by atoms with Gasteiger partial charge in [0.25, 0.3) is 11.5 Å². The number of nitrogens with one attached hydrogen (secondary N) is 2. The lowest BCUT2D eigenvalue weighted by Crippen LogP contribution is -2.38. The maximum Gasteiger partial charge on any atom is 0.332 e. The molecule has 3 aromatic rings. The summed E-state index contributed by atoms with van der Waals surface area (Å²) in [6.45, 7) is 0.0322. The highest BCUT2D eigenvalue weighted by Crippen LogP contribution is 2.06. The van der Waals surface area contributed by atoms with Crippen LogP contribution in [0.4, 0.5) is 0 Å². The summed E-state index contributed by atoms with van der Waals surface area (Å²) in [6, 6.07) is 11.8. The maximum absolute atomic E-state index is 12.3. The molecule has 2 aromatic heterocycles. The molecule has 2 heterocycles. The van der Waals surface area contributed by atoms with Crippen LogP contribution in [-0.4, -0.2) is 40.7 Å². The molecule has 0 bridgehead atoms. The van der Waals surface area contributed by atoms with Gasteiger partial charge in [-0.1, -0.05) is 30.3 Å². The number of sulfonamides is 1. The van der Waals surface area contributed by atoms with E-state index in [1.165, 1.54) is 30.8 Å². The summed E-state index contributed by atoms with van der Waals surface area (Å²) in [5.41, 5.74) is -0.202. The minimum Gasteiger partial charge on any atom is -0.350 e. The minimum absolute atomic E-state index is 0.0274. The number of rotatable bonds is 7. The Morgan fingerprint density at radius 2 is 1.73 bits per heavy atom. The van der Waals surface area contributed by atoms with Crippen LogP contribution in [0.3, 0.4) is 0 Å². The Kier molecular flexibility index (Phi) is 6.13. The number of pyridine rings is 1. The highest BCUT2D eigenvalue weighted by molar-refractivity contribution is 7.89. The van der Waals surface area contributed by atoms with Gasteiger partial charge >= 0.3 is 5.69 Å². The molecule has 0 aliphatic carbocycles. The van der Waals surface area contributed by atoms with E-state index in [9.17, 15) is 22.8 Å². The Morgan fingerprint density at radius 3 is 2.43 bits per heavy atom. The van der Waals surface area contributed by atoms with Crippen LogP contribution in [0.15, 0.2) is 52.1 Å². The monoisotopic (exact) mass is 431 g/mol. The smallest absolute Gasteiger partial charge is 0.332 e. The molecule has 1 aromatic carbocycles. The molecule has 0 saturated carbocycles. The average molecular weight is 431 g/mol. The molecular weight excluding hydrogens is 410 g/mol. The highest BCUT2D eigenvalue weighted by atomic mass is 32.2. The first-order valence-electron chi connectivity index (χ1n) is 9.06. The van der Waals surface area contributed by atoms with Gasteiger partial charge in [0.2, 0.25) is 10.0 Å². The van der Waals surface area contributed by atoms with Gasteiger partial charge in [-0.15, -0.1) is 0 Å². The summed E-state index contributed by atoms with van der Waals surface area (Å²) < 4.78 is 28.8. The van der Waals surface area contributed by atoms with Crippen LogP contribution < -0.4 is 21.3 Å². The molecule has 158 valence electrons. The zero-order chi connectivity index (χ0) is 21.9. The van der Waals surface area contributed by atoms with E-state index in [1.807, 2.05) is 18.2 Å². The summed E-state index contributed by atoms with van der Waals surface area (Å²) in [4.78, 5) is 40.7. The first-order chi connectivity index (χ1) is 14.2. The predicted octanol–water partition coefficient (Wildman–Crippen LogP) is -0.518. The predicted molar refractivity (Wildman–Crippen MR) is 112 cm³/mol. The van der Waals surface area contributed by atoms with Gasteiger partial charge in [-0.3, -0.25) is 18.7 Å². The van der Waals surface area contributed by atoms with Crippen molar-refractivity contribution in [2.75, 3.05) is 12.3 Å². The van der Waals surface area contributed by atoms with Crippen LogP contribution in [-0.2, 0) is 30.7 Å². The molecule has 0 aliphatic heterocycles. The van der Waals surface area contributed by atoms with Crippen LogP contribution in [0, 0.1) is 0 Å². The largest absolute Gasteiger partial charge is 0.350 e. The van der Waals surface area contributed by atoms with Crippen molar-refractivity contribution in [2.45, 2.75) is 6.54 Å². The molecule has 0 radical (unpaired) electrons. The second-order valence-electron chi connectivity index (χ2n) is 6.65. The zero-order valence-corrected chi connectivity index (χ0v) is 17.3. The van der Waals surface area contributed by atoms with E-state index in [4.69, 9.17) is 0 Å². The van der Waals surface area contributed by atoms with Gasteiger partial charge < -0.3 is 5.32 Å². The van der Waals surface area contributed by atoms with Crippen molar-refractivity contribution in [1.82, 2.24) is 24.2 Å². The van der Waals surface area contributed by atoms with Crippen molar-refractivity contribution in [1.29, 1.82) is 0 Å². The van der Waals surface area contributed by atoms with Gasteiger partial charge in [-0.05, 0) is 17.7 Å². The number of carbonyl (C=O) groups excluding carboxylic acids is 1. The van der Waals surface area contributed by atoms with Crippen LogP contribution in [0.2, 0.25) is 0 Å². The van der Waals surface area contributed by atoms with E-state index in [-0.39, 0.29) is 35.6 Å². The lowest BCUT2D eigenvalue weighted by Gasteiger charge is -2.10. The molecule has 0 atom stereocenters. The Labute approximate surface area is 172 Å². The van der Waals surface area contributed by atoms with Gasteiger partial charge in [0.1, 0.15) is 11.3 Å². The maximum atomic E-state index is 12.3. The highest BCUT2D eigenvalue weighted by Gasteiger charge is 2.15.